The number of aryl methyl sites for hydroxylation is 2. The number of hydrogen-bond acceptors (Lipinski definition) is 4. The Labute approximate surface area is 172 Å². The molecule has 0 spiro atoms. The Morgan fingerprint density at radius 1 is 1.15 bits per heavy atom. The molecule has 2 atom stereocenters. The molecule has 1 N–H and O–H groups in total. The number of aromatic nitrogens is 4. The summed E-state index contributed by atoms with van der Waals surface area (Å²) in [6.45, 7) is 3.30. The Hall–Kier alpha value is -1.57. The molecule has 9 heteroatoms. The van der Waals surface area contributed by atoms with Gasteiger partial charge in [-0.2, -0.15) is 10.2 Å². The van der Waals surface area contributed by atoms with Crippen LogP contribution in [0.5, 0.6) is 0 Å². The Morgan fingerprint density at radius 3 is 2.48 bits per heavy atom. The van der Waals surface area contributed by atoms with Crippen LogP contribution in [-0.2, 0) is 18.9 Å². The van der Waals surface area contributed by atoms with Gasteiger partial charge in [-0.05, 0) is 24.5 Å². The molecule has 4 heterocycles. The number of carbonyl (C=O) groups is 1. The third-order valence-electron chi connectivity index (χ3n) is 5.77. The van der Waals surface area contributed by atoms with Crippen molar-refractivity contribution in [1.82, 2.24) is 29.8 Å². The van der Waals surface area contributed by atoms with E-state index < -0.39 is 0 Å². The van der Waals surface area contributed by atoms with E-state index in [0.717, 1.165) is 44.6 Å². The topological polar surface area (TPSA) is 68.0 Å². The molecule has 0 aromatic carbocycles. The number of likely N-dealkylation sites (tertiary alicyclic amines) is 1. The van der Waals surface area contributed by atoms with Crippen molar-refractivity contribution in [2.45, 2.75) is 24.7 Å². The van der Waals surface area contributed by atoms with Gasteiger partial charge in [0, 0.05) is 70.2 Å². The lowest BCUT2D eigenvalue weighted by Gasteiger charge is -2.34. The van der Waals surface area contributed by atoms with Crippen LogP contribution in [0, 0.1) is 5.92 Å². The standard InChI is InChI=1S/C18H26N6O.2ClH/c1-22-12-14(9-21-22)15-10-19-11-16(15)18(25)24-7-4-13(5-8-24)17-3-6-20-23(17)2;;/h3,6,9,12-13,15-16,19H,4-5,7-8,10-11H2,1-2H3;2*1H/t15-,16+;;/m1../s1. The summed E-state index contributed by atoms with van der Waals surface area (Å²) in [6, 6.07) is 2.10. The van der Waals surface area contributed by atoms with Crippen molar-refractivity contribution in [1.29, 1.82) is 0 Å². The van der Waals surface area contributed by atoms with Crippen LogP contribution in [0.3, 0.4) is 0 Å². The van der Waals surface area contributed by atoms with Gasteiger partial charge in [0.25, 0.3) is 0 Å². The van der Waals surface area contributed by atoms with Crippen molar-refractivity contribution in [3.63, 3.8) is 0 Å². The summed E-state index contributed by atoms with van der Waals surface area (Å²) in [7, 11) is 3.92. The number of nitrogens with zero attached hydrogens (tertiary/aromatic N) is 5. The molecular formula is C18H28Cl2N6O. The molecular weight excluding hydrogens is 387 g/mol. The number of hydrogen-bond donors (Lipinski definition) is 1. The minimum Gasteiger partial charge on any atom is -0.342 e. The lowest BCUT2D eigenvalue weighted by Crippen LogP contribution is -2.43. The van der Waals surface area contributed by atoms with Gasteiger partial charge in [-0.25, -0.2) is 0 Å². The highest BCUT2D eigenvalue weighted by Gasteiger charge is 2.38. The molecule has 2 aromatic heterocycles. The van der Waals surface area contributed by atoms with E-state index in [0.29, 0.717) is 11.8 Å². The number of carbonyl (C=O) groups excluding carboxylic acids is 1. The molecule has 7 nitrogen and oxygen atoms in total. The molecule has 2 fully saturated rings. The maximum atomic E-state index is 13.1. The number of rotatable bonds is 3. The van der Waals surface area contributed by atoms with Crippen LogP contribution in [0.15, 0.2) is 24.7 Å². The van der Waals surface area contributed by atoms with E-state index in [2.05, 4.69) is 26.5 Å². The van der Waals surface area contributed by atoms with Gasteiger partial charge in [-0.3, -0.25) is 14.2 Å². The molecule has 150 valence electrons. The maximum Gasteiger partial charge on any atom is 0.227 e. The number of amides is 1. The van der Waals surface area contributed by atoms with Gasteiger partial charge in [-0.1, -0.05) is 0 Å². The van der Waals surface area contributed by atoms with Crippen molar-refractivity contribution in [2.75, 3.05) is 26.2 Å². The highest BCUT2D eigenvalue weighted by Crippen LogP contribution is 2.32. The molecule has 0 bridgehead atoms. The minimum atomic E-state index is 0. The van der Waals surface area contributed by atoms with E-state index in [9.17, 15) is 4.79 Å². The van der Waals surface area contributed by atoms with Crippen molar-refractivity contribution in [3.8, 4) is 0 Å². The molecule has 2 aromatic rings. The lowest BCUT2D eigenvalue weighted by molar-refractivity contribution is -0.136. The van der Waals surface area contributed by atoms with Crippen LogP contribution in [0.4, 0.5) is 0 Å². The number of nitrogens with one attached hydrogen (secondary N) is 1. The molecule has 2 aliphatic rings. The largest absolute Gasteiger partial charge is 0.342 e. The zero-order valence-electron chi connectivity index (χ0n) is 15.7. The normalized spacial score (nSPS) is 23.0. The van der Waals surface area contributed by atoms with E-state index >= 15 is 0 Å². The highest BCUT2D eigenvalue weighted by molar-refractivity contribution is 5.85. The van der Waals surface area contributed by atoms with Gasteiger partial charge >= 0.3 is 0 Å². The fourth-order valence-electron chi connectivity index (χ4n) is 4.33. The summed E-state index contributed by atoms with van der Waals surface area (Å²) >= 11 is 0. The average molecular weight is 415 g/mol. The summed E-state index contributed by atoms with van der Waals surface area (Å²) in [6.07, 6.45) is 7.82. The molecule has 2 aliphatic heterocycles. The molecule has 2 saturated heterocycles. The van der Waals surface area contributed by atoms with Crippen molar-refractivity contribution < 1.29 is 4.79 Å². The van der Waals surface area contributed by atoms with Crippen LogP contribution in [0.2, 0.25) is 0 Å². The van der Waals surface area contributed by atoms with Crippen LogP contribution < -0.4 is 5.32 Å². The molecule has 4 rings (SSSR count). The van der Waals surface area contributed by atoms with Gasteiger partial charge < -0.3 is 10.2 Å². The first-order chi connectivity index (χ1) is 12.1. The monoisotopic (exact) mass is 414 g/mol. The van der Waals surface area contributed by atoms with Gasteiger partial charge in [0.2, 0.25) is 5.91 Å². The van der Waals surface area contributed by atoms with Gasteiger partial charge in [0.05, 0.1) is 12.1 Å². The Kier molecular flexibility index (Phi) is 7.31. The molecule has 0 aliphatic carbocycles. The van der Waals surface area contributed by atoms with Crippen LogP contribution in [0.1, 0.15) is 35.9 Å². The second-order valence-electron chi connectivity index (χ2n) is 7.30. The maximum absolute atomic E-state index is 13.1. The first kappa shape index (κ1) is 21.7. The van der Waals surface area contributed by atoms with Crippen LogP contribution >= 0.6 is 24.8 Å². The summed E-state index contributed by atoms with van der Waals surface area (Å²) in [4.78, 5) is 15.2. The van der Waals surface area contributed by atoms with Crippen LogP contribution in [-0.4, -0.2) is 56.5 Å². The number of halogens is 2. The quantitative estimate of drug-likeness (QED) is 0.829. The molecule has 0 saturated carbocycles. The molecule has 27 heavy (non-hydrogen) atoms. The van der Waals surface area contributed by atoms with Crippen molar-refractivity contribution in [2.24, 2.45) is 20.0 Å². The smallest absolute Gasteiger partial charge is 0.227 e. The molecule has 1 amide bonds. The fraction of sp³-hybridized carbons (Fsp3) is 0.611. The fourth-order valence-corrected chi connectivity index (χ4v) is 4.33. The van der Waals surface area contributed by atoms with Gasteiger partial charge in [-0.15, -0.1) is 24.8 Å². The third kappa shape index (κ3) is 4.31. The van der Waals surface area contributed by atoms with Crippen LogP contribution in [0.25, 0.3) is 0 Å². The van der Waals surface area contributed by atoms with E-state index in [1.54, 1.807) is 0 Å². The number of piperidine rings is 1. The Bertz CT molecular complexity index is 753. The summed E-state index contributed by atoms with van der Waals surface area (Å²) < 4.78 is 3.77. The first-order valence-corrected chi connectivity index (χ1v) is 9.09. The molecule has 0 unspecified atom stereocenters. The second kappa shape index (κ2) is 9.08. The average Bonchev–Trinajstić information content (AvgIpc) is 3.34. The van der Waals surface area contributed by atoms with E-state index in [1.807, 2.05) is 42.0 Å². The zero-order valence-corrected chi connectivity index (χ0v) is 17.4. The van der Waals surface area contributed by atoms with E-state index in [-0.39, 0.29) is 36.6 Å². The minimum absolute atomic E-state index is 0. The Balaban J connectivity index is 0.00000131. The Morgan fingerprint density at radius 2 is 1.89 bits per heavy atom. The van der Waals surface area contributed by atoms with E-state index in [4.69, 9.17) is 0 Å². The second-order valence-corrected chi connectivity index (χ2v) is 7.30. The highest BCUT2D eigenvalue weighted by atomic mass is 35.5. The van der Waals surface area contributed by atoms with Crippen molar-refractivity contribution >= 4 is 30.7 Å². The van der Waals surface area contributed by atoms with Gasteiger partial charge in [0.15, 0.2) is 0 Å². The third-order valence-corrected chi connectivity index (χ3v) is 5.77. The van der Waals surface area contributed by atoms with Crippen molar-refractivity contribution in [3.05, 3.63) is 35.9 Å². The first-order valence-electron chi connectivity index (χ1n) is 9.09. The van der Waals surface area contributed by atoms with E-state index in [1.165, 1.54) is 5.69 Å². The predicted octanol–water partition coefficient (Wildman–Crippen LogP) is 1.71. The SMILES string of the molecule is Cl.Cl.Cn1cc([C@H]2CNC[C@@H]2C(=O)N2CCC(c3ccnn3C)CC2)cn1. The zero-order chi connectivity index (χ0) is 17.4. The molecule has 0 radical (unpaired) electrons. The van der Waals surface area contributed by atoms with Gasteiger partial charge in [0.1, 0.15) is 0 Å². The lowest BCUT2D eigenvalue weighted by atomic mass is 9.88. The predicted molar refractivity (Wildman–Crippen MR) is 109 cm³/mol. The summed E-state index contributed by atoms with van der Waals surface area (Å²) in [5.41, 5.74) is 2.44. The summed E-state index contributed by atoms with van der Waals surface area (Å²) in [5.74, 6) is 1.06. The summed E-state index contributed by atoms with van der Waals surface area (Å²) in [5, 5.41) is 11.9.